The van der Waals surface area contributed by atoms with E-state index in [0.717, 1.165) is 5.56 Å². The third-order valence-electron chi connectivity index (χ3n) is 2.54. The van der Waals surface area contributed by atoms with Gasteiger partial charge in [-0.1, -0.05) is 12.1 Å². The van der Waals surface area contributed by atoms with Gasteiger partial charge < -0.3 is 5.73 Å². The van der Waals surface area contributed by atoms with Gasteiger partial charge in [0.25, 0.3) is 0 Å². The Bertz CT molecular complexity index is 556. The van der Waals surface area contributed by atoms with Crippen LogP contribution < -0.4 is 10.5 Å². The fourth-order valence-corrected chi connectivity index (χ4v) is 3.87. The van der Waals surface area contributed by atoms with E-state index in [1.807, 2.05) is 0 Å². The lowest BCUT2D eigenvalue weighted by atomic mass is 10.1. The van der Waals surface area contributed by atoms with Crippen molar-refractivity contribution in [3.05, 3.63) is 29.8 Å². The van der Waals surface area contributed by atoms with Crippen molar-refractivity contribution in [1.82, 2.24) is 4.72 Å². The first-order valence-electron chi connectivity index (χ1n) is 5.90. The molecule has 0 aromatic heterocycles. The van der Waals surface area contributed by atoms with Gasteiger partial charge in [-0.2, -0.15) is 0 Å². The summed E-state index contributed by atoms with van der Waals surface area (Å²) >= 11 is 0. The maximum Gasteiger partial charge on any atom is 0.240 e. The maximum atomic E-state index is 12.1. The van der Waals surface area contributed by atoms with Gasteiger partial charge in [-0.25, -0.2) is 13.1 Å². The predicted octanol–water partition coefficient (Wildman–Crippen LogP) is 0.752. The summed E-state index contributed by atoms with van der Waals surface area (Å²) in [5, 5.41) is 0. The Morgan fingerprint density at radius 1 is 1.37 bits per heavy atom. The molecule has 0 saturated carbocycles. The van der Waals surface area contributed by atoms with Crippen molar-refractivity contribution >= 4 is 20.8 Å². The molecule has 0 spiro atoms. The quantitative estimate of drug-likeness (QED) is 0.811. The summed E-state index contributed by atoms with van der Waals surface area (Å²) in [6.45, 7) is 3.48. The molecule has 0 bridgehead atoms. The summed E-state index contributed by atoms with van der Waals surface area (Å²) in [6.07, 6.45) is 1.54. The highest BCUT2D eigenvalue weighted by Gasteiger charge is 2.18. The van der Waals surface area contributed by atoms with Crippen LogP contribution in [0.4, 0.5) is 0 Å². The first-order valence-corrected chi connectivity index (χ1v) is 9.11. The zero-order chi connectivity index (χ0) is 14.6. The Hall–Kier alpha value is -0.760. The molecule has 1 aromatic rings. The fourth-order valence-electron chi connectivity index (χ4n) is 1.68. The molecule has 3 unspecified atom stereocenters. The Balaban J connectivity index is 2.94. The fraction of sp³-hybridized carbons (Fsp3) is 0.500. The van der Waals surface area contributed by atoms with Crippen LogP contribution in [0.1, 0.15) is 25.5 Å². The molecule has 3 N–H and O–H groups in total. The maximum absolute atomic E-state index is 12.1. The van der Waals surface area contributed by atoms with Gasteiger partial charge in [0.05, 0.1) is 4.90 Å². The van der Waals surface area contributed by atoms with E-state index in [2.05, 4.69) is 4.72 Å². The lowest BCUT2D eigenvalue weighted by Crippen LogP contribution is -2.36. The normalized spacial score (nSPS) is 16.8. The van der Waals surface area contributed by atoms with Crippen LogP contribution in [0, 0.1) is 0 Å². The van der Waals surface area contributed by atoms with Crippen LogP contribution in [0.3, 0.4) is 0 Å². The largest absolute Gasteiger partial charge is 0.324 e. The lowest BCUT2D eigenvalue weighted by Gasteiger charge is -2.14. The van der Waals surface area contributed by atoms with E-state index in [1.54, 1.807) is 38.3 Å². The summed E-state index contributed by atoms with van der Waals surface area (Å²) in [5.74, 6) is 0.284. The van der Waals surface area contributed by atoms with Crippen LogP contribution in [0.2, 0.25) is 0 Å². The van der Waals surface area contributed by atoms with Crippen molar-refractivity contribution in [3.63, 3.8) is 0 Å². The van der Waals surface area contributed by atoms with Gasteiger partial charge in [0.2, 0.25) is 10.0 Å². The van der Waals surface area contributed by atoms with Crippen molar-refractivity contribution in [2.24, 2.45) is 5.73 Å². The molecule has 0 amide bonds. The molecule has 7 heteroatoms. The number of rotatable bonds is 6. The molecular weight excluding hydrogens is 284 g/mol. The van der Waals surface area contributed by atoms with Gasteiger partial charge in [0.1, 0.15) is 0 Å². The number of benzene rings is 1. The number of hydrogen-bond acceptors (Lipinski definition) is 4. The van der Waals surface area contributed by atoms with Gasteiger partial charge in [0, 0.05) is 34.9 Å². The Labute approximate surface area is 117 Å². The second kappa shape index (κ2) is 6.60. The smallest absolute Gasteiger partial charge is 0.240 e. The second-order valence-corrected chi connectivity index (χ2v) is 7.82. The van der Waals surface area contributed by atoms with Crippen LogP contribution in [0.5, 0.6) is 0 Å². The van der Waals surface area contributed by atoms with Crippen molar-refractivity contribution in [2.45, 2.75) is 30.8 Å². The molecule has 0 saturated heterocycles. The van der Waals surface area contributed by atoms with Crippen LogP contribution in [0.25, 0.3) is 0 Å². The number of nitrogens with two attached hydrogens (primary N) is 1. The van der Waals surface area contributed by atoms with E-state index in [0.29, 0.717) is 0 Å². The number of hydrogen-bond donors (Lipinski definition) is 2. The molecule has 5 nitrogen and oxygen atoms in total. The molecule has 19 heavy (non-hydrogen) atoms. The minimum Gasteiger partial charge on any atom is -0.324 e. The minimum atomic E-state index is -3.60. The standard InChI is InChI=1S/C12H20N2O3S2/c1-9(8-18(3)15)14-19(16,17)12-6-4-5-11(7-12)10(2)13/h4-7,9-10,14H,8,13H2,1-3H3. The highest BCUT2D eigenvalue weighted by atomic mass is 32.2. The molecule has 0 aliphatic heterocycles. The van der Waals surface area contributed by atoms with Crippen molar-refractivity contribution in [2.75, 3.05) is 12.0 Å². The van der Waals surface area contributed by atoms with Gasteiger partial charge in [-0.05, 0) is 31.5 Å². The highest BCUT2D eigenvalue weighted by Crippen LogP contribution is 2.16. The molecule has 0 radical (unpaired) electrons. The Kier molecular flexibility index (Phi) is 5.66. The molecule has 0 fully saturated rings. The summed E-state index contributed by atoms with van der Waals surface area (Å²) < 4.78 is 37.9. The van der Waals surface area contributed by atoms with E-state index in [-0.39, 0.29) is 22.7 Å². The predicted molar refractivity (Wildman–Crippen MR) is 77.8 cm³/mol. The lowest BCUT2D eigenvalue weighted by molar-refractivity contribution is 0.570. The topological polar surface area (TPSA) is 89.3 Å². The third-order valence-corrected chi connectivity index (χ3v) is 5.09. The van der Waals surface area contributed by atoms with E-state index in [4.69, 9.17) is 5.73 Å². The number of sulfonamides is 1. The molecule has 1 aromatic carbocycles. The molecule has 0 aliphatic carbocycles. The average Bonchev–Trinajstić information content (AvgIpc) is 2.27. The zero-order valence-electron chi connectivity index (χ0n) is 11.3. The summed E-state index contributed by atoms with van der Waals surface area (Å²) in [7, 11) is -4.65. The SMILES string of the molecule is CC(CS(C)=O)NS(=O)(=O)c1cccc(C(C)N)c1. The molecule has 0 heterocycles. The highest BCUT2D eigenvalue weighted by molar-refractivity contribution is 7.89. The van der Waals surface area contributed by atoms with Gasteiger partial charge >= 0.3 is 0 Å². The van der Waals surface area contributed by atoms with Gasteiger partial charge in [0.15, 0.2) is 0 Å². The summed E-state index contributed by atoms with van der Waals surface area (Å²) in [4.78, 5) is 0.177. The van der Waals surface area contributed by atoms with Crippen molar-refractivity contribution in [1.29, 1.82) is 0 Å². The van der Waals surface area contributed by atoms with E-state index < -0.39 is 20.8 Å². The van der Waals surface area contributed by atoms with Gasteiger partial charge in [-0.15, -0.1) is 0 Å². The monoisotopic (exact) mass is 304 g/mol. The van der Waals surface area contributed by atoms with Crippen molar-refractivity contribution in [3.8, 4) is 0 Å². The first-order chi connectivity index (χ1) is 8.72. The van der Waals surface area contributed by atoms with Gasteiger partial charge in [-0.3, -0.25) is 4.21 Å². The minimum absolute atomic E-state index is 0.177. The number of nitrogens with one attached hydrogen (secondary N) is 1. The zero-order valence-corrected chi connectivity index (χ0v) is 12.9. The second-order valence-electron chi connectivity index (χ2n) is 4.62. The van der Waals surface area contributed by atoms with Crippen LogP contribution in [-0.4, -0.2) is 30.7 Å². The molecule has 108 valence electrons. The average molecular weight is 304 g/mol. The Morgan fingerprint density at radius 2 is 2.00 bits per heavy atom. The van der Waals surface area contributed by atoms with Crippen LogP contribution in [-0.2, 0) is 20.8 Å². The first kappa shape index (κ1) is 16.3. The van der Waals surface area contributed by atoms with E-state index >= 15 is 0 Å². The summed E-state index contributed by atoms with van der Waals surface area (Å²) in [6, 6.07) is 5.92. The van der Waals surface area contributed by atoms with E-state index in [1.165, 1.54) is 6.07 Å². The molecular formula is C12H20N2O3S2. The molecule has 0 aliphatic rings. The van der Waals surface area contributed by atoms with Crippen LogP contribution >= 0.6 is 0 Å². The van der Waals surface area contributed by atoms with Crippen LogP contribution in [0.15, 0.2) is 29.2 Å². The molecule has 1 rings (SSSR count). The molecule has 3 atom stereocenters. The summed E-state index contributed by atoms with van der Waals surface area (Å²) in [5.41, 5.74) is 6.50. The Morgan fingerprint density at radius 3 is 2.53 bits per heavy atom. The third kappa shape index (κ3) is 5.02. The van der Waals surface area contributed by atoms with E-state index in [9.17, 15) is 12.6 Å². The van der Waals surface area contributed by atoms with Crippen molar-refractivity contribution < 1.29 is 12.6 Å².